The summed E-state index contributed by atoms with van der Waals surface area (Å²) in [5, 5.41) is 12.0. The number of hydrogen-bond donors (Lipinski definition) is 2. The van der Waals surface area contributed by atoms with Crippen molar-refractivity contribution in [2.24, 2.45) is 10.9 Å². The molecular formula is C16H25N3O2. The van der Waals surface area contributed by atoms with Crippen LogP contribution in [0.4, 0.5) is 0 Å². The largest absolute Gasteiger partial charge is 0.477 e. The molecule has 3 N–H and O–H groups in total. The zero-order valence-electron chi connectivity index (χ0n) is 12.8. The maximum absolute atomic E-state index is 8.91. The van der Waals surface area contributed by atoms with E-state index >= 15 is 0 Å². The molecule has 0 bridgehead atoms. The minimum atomic E-state index is 0.0678. The van der Waals surface area contributed by atoms with Gasteiger partial charge in [-0.3, -0.25) is 0 Å². The minimum Gasteiger partial charge on any atom is -0.477 e. The number of fused-ring (bicyclic) bond motifs is 1. The van der Waals surface area contributed by atoms with Gasteiger partial charge >= 0.3 is 0 Å². The standard InChI is InChI=1S/C16H25N3O2/c1-2-3-4-5-6-10-21-16-13(15(17)19-20)11-12-8-7-9-14(12)18-16/h11,20H,2-10H2,1H3,(H2,17,19). The predicted molar refractivity (Wildman–Crippen MR) is 83.0 cm³/mol. The molecule has 0 saturated carbocycles. The van der Waals surface area contributed by atoms with Gasteiger partial charge in [-0.25, -0.2) is 4.98 Å². The fourth-order valence-electron chi connectivity index (χ4n) is 2.67. The molecule has 0 atom stereocenters. The zero-order chi connectivity index (χ0) is 15.1. The van der Waals surface area contributed by atoms with Crippen molar-refractivity contribution >= 4 is 5.84 Å². The summed E-state index contributed by atoms with van der Waals surface area (Å²) in [5.41, 5.74) is 8.62. The summed E-state index contributed by atoms with van der Waals surface area (Å²) >= 11 is 0. The number of nitrogens with two attached hydrogens (primary N) is 1. The number of hydrogen-bond acceptors (Lipinski definition) is 4. The maximum atomic E-state index is 8.91. The first-order valence-electron chi connectivity index (χ1n) is 7.89. The predicted octanol–water partition coefficient (Wildman–Crippen LogP) is 3.01. The van der Waals surface area contributed by atoms with Gasteiger partial charge in [-0.05, 0) is 37.3 Å². The third-order valence-corrected chi connectivity index (χ3v) is 3.89. The molecule has 0 aliphatic heterocycles. The second-order valence-electron chi connectivity index (χ2n) is 5.55. The van der Waals surface area contributed by atoms with Crippen molar-refractivity contribution in [2.75, 3.05) is 6.61 Å². The Balaban J connectivity index is 2.00. The van der Waals surface area contributed by atoms with Crippen LogP contribution in [0.15, 0.2) is 11.2 Å². The van der Waals surface area contributed by atoms with Gasteiger partial charge in [-0.1, -0.05) is 37.8 Å². The van der Waals surface area contributed by atoms with Gasteiger partial charge in [0.1, 0.15) is 0 Å². The van der Waals surface area contributed by atoms with Crippen LogP contribution >= 0.6 is 0 Å². The number of amidine groups is 1. The van der Waals surface area contributed by atoms with Crippen LogP contribution in [-0.2, 0) is 12.8 Å². The van der Waals surface area contributed by atoms with E-state index in [0.29, 0.717) is 18.1 Å². The molecule has 21 heavy (non-hydrogen) atoms. The summed E-state index contributed by atoms with van der Waals surface area (Å²) in [6, 6.07) is 1.96. The van der Waals surface area contributed by atoms with E-state index in [0.717, 1.165) is 37.8 Å². The molecular weight excluding hydrogens is 266 g/mol. The molecule has 5 heteroatoms. The Morgan fingerprint density at radius 3 is 2.90 bits per heavy atom. The quantitative estimate of drug-likeness (QED) is 0.254. The van der Waals surface area contributed by atoms with Crippen molar-refractivity contribution in [1.82, 2.24) is 4.98 Å². The van der Waals surface area contributed by atoms with Crippen LogP contribution < -0.4 is 10.5 Å². The van der Waals surface area contributed by atoms with Gasteiger partial charge in [-0.2, -0.15) is 0 Å². The summed E-state index contributed by atoms with van der Waals surface area (Å²) in [7, 11) is 0. The molecule has 116 valence electrons. The highest BCUT2D eigenvalue weighted by Crippen LogP contribution is 2.26. The molecule has 1 aromatic rings. The summed E-state index contributed by atoms with van der Waals surface area (Å²) in [5.74, 6) is 0.569. The molecule has 1 heterocycles. The van der Waals surface area contributed by atoms with Crippen LogP contribution in [0.5, 0.6) is 5.88 Å². The van der Waals surface area contributed by atoms with Crippen LogP contribution in [-0.4, -0.2) is 22.6 Å². The first-order valence-corrected chi connectivity index (χ1v) is 7.89. The van der Waals surface area contributed by atoms with Crippen LogP contribution in [0.3, 0.4) is 0 Å². The second kappa shape index (κ2) is 7.86. The Bertz CT molecular complexity index is 501. The lowest BCUT2D eigenvalue weighted by Gasteiger charge is -2.12. The normalized spacial score (nSPS) is 14.2. The van der Waals surface area contributed by atoms with E-state index in [9.17, 15) is 0 Å². The molecule has 0 amide bonds. The van der Waals surface area contributed by atoms with E-state index in [1.54, 1.807) is 0 Å². The first kappa shape index (κ1) is 15.6. The molecule has 5 nitrogen and oxygen atoms in total. The van der Waals surface area contributed by atoms with Crippen LogP contribution in [0.1, 0.15) is 62.3 Å². The van der Waals surface area contributed by atoms with Gasteiger partial charge in [0.25, 0.3) is 0 Å². The Labute approximate surface area is 126 Å². The molecule has 0 spiro atoms. The highest BCUT2D eigenvalue weighted by atomic mass is 16.5. The molecule has 1 aromatic heterocycles. The molecule has 2 rings (SSSR count). The van der Waals surface area contributed by atoms with E-state index in [4.69, 9.17) is 15.7 Å². The minimum absolute atomic E-state index is 0.0678. The fraction of sp³-hybridized carbons (Fsp3) is 0.625. The van der Waals surface area contributed by atoms with Gasteiger partial charge in [0.05, 0.1) is 12.2 Å². The number of oxime groups is 1. The van der Waals surface area contributed by atoms with Gasteiger partial charge in [0, 0.05) is 5.69 Å². The Morgan fingerprint density at radius 2 is 2.14 bits per heavy atom. The number of aryl methyl sites for hydroxylation is 2. The Morgan fingerprint density at radius 1 is 1.33 bits per heavy atom. The van der Waals surface area contributed by atoms with Crippen LogP contribution in [0.2, 0.25) is 0 Å². The number of ether oxygens (including phenoxy) is 1. The van der Waals surface area contributed by atoms with Crippen molar-refractivity contribution in [2.45, 2.75) is 58.3 Å². The first-order chi connectivity index (χ1) is 10.3. The number of nitrogens with zero attached hydrogens (tertiary/aromatic N) is 2. The topological polar surface area (TPSA) is 80.7 Å². The van der Waals surface area contributed by atoms with Gasteiger partial charge in [0.15, 0.2) is 5.84 Å². The van der Waals surface area contributed by atoms with Crippen LogP contribution in [0.25, 0.3) is 0 Å². The van der Waals surface area contributed by atoms with Crippen LogP contribution in [0, 0.1) is 0 Å². The van der Waals surface area contributed by atoms with E-state index in [1.807, 2.05) is 6.07 Å². The van der Waals surface area contributed by atoms with Crippen molar-refractivity contribution in [3.8, 4) is 5.88 Å². The lowest BCUT2D eigenvalue weighted by atomic mass is 10.1. The highest BCUT2D eigenvalue weighted by Gasteiger charge is 2.19. The van der Waals surface area contributed by atoms with E-state index in [1.165, 1.54) is 24.8 Å². The summed E-state index contributed by atoms with van der Waals surface area (Å²) in [6.45, 7) is 2.83. The Kier molecular flexibility index (Phi) is 5.84. The highest BCUT2D eigenvalue weighted by molar-refractivity contribution is 5.99. The third-order valence-electron chi connectivity index (χ3n) is 3.89. The second-order valence-corrected chi connectivity index (χ2v) is 5.55. The fourth-order valence-corrected chi connectivity index (χ4v) is 2.67. The average Bonchev–Trinajstić information content (AvgIpc) is 2.96. The summed E-state index contributed by atoms with van der Waals surface area (Å²) in [6.07, 6.45) is 9.02. The van der Waals surface area contributed by atoms with Crippen molar-refractivity contribution in [3.05, 3.63) is 22.9 Å². The van der Waals surface area contributed by atoms with Gasteiger partial charge in [0.2, 0.25) is 5.88 Å². The van der Waals surface area contributed by atoms with E-state index in [-0.39, 0.29) is 5.84 Å². The lowest BCUT2D eigenvalue weighted by molar-refractivity contribution is 0.291. The third kappa shape index (κ3) is 4.09. The maximum Gasteiger partial charge on any atom is 0.224 e. The number of rotatable bonds is 8. The average molecular weight is 291 g/mol. The smallest absolute Gasteiger partial charge is 0.224 e. The van der Waals surface area contributed by atoms with Gasteiger partial charge < -0.3 is 15.7 Å². The zero-order valence-corrected chi connectivity index (χ0v) is 12.8. The molecule has 0 radical (unpaired) electrons. The number of aromatic nitrogens is 1. The number of unbranched alkanes of at least 4 members (excludes halogenated alkanes) is 4. The van der Waals surface area contributed by atoms with Crippen molar-refractivity contribution in [3.63, 3.8) is 0 Å². The number of pyridine rings is 1. The monoisotopic (exact) mass is 291 g/mol. The summed E-state index contributed by atoms with van der Waals surface area (Å²) in [4.78, 5) is 4.56. The Hall–Kier alpha value is -1.78. The van der Waals surface area contributed by atoms with E-state index < -0.39 is 0 Å². The summed E-state index contributed by atoms with van der Waals surface area (Å²) < 4.78 is 5.78. The molecule has 0 unspecified atom stereocenters. The van der Waals surface area contributed by atoms with E-state index in [2.05, 4.69) is 17.1 Å². The lowest BCUT2D eigenvalue weighted by Crippen LogP contribution is -2.17. The SMILES string of the molecule is CCCCCCCOc1nc2c(cc1C(N)=NO)CCC2. The molecule has 0 aromatic carbocycles. The molecule has 1 aliphatic rings. The van der Waals surface area contributed by atoms with Gasteiger partial charge in [-0.15, -0.1) is 0 Å². The molecule has 1 aliphatic carbocycles. The molecule has 0 fully saturated rings. The molecule has 0 saturated heterocycles. The van der Waals surface area contributed by atoms with Crippen molar-refractivity contribution < 1.29 is 9.94 Å². The van der Waals surface area contributed by atoms with Crippen molar-refractivity contribution in [1.29, 1.82) is 0 Å².